The SMILES string of the molecule is COc1ccc(C(C)=O)cc1C(C)(C)CC(C)(O)C(F)(F)F. The third kappa shape index (κ3) is 3.80. The lowest BCUT2D eigenvalue weighted by molar-refractivity contribution is -0.259. The summed E-state index contributed by atoms with van der Waals surface area (Å²) in [4.78, 5) is 11.5. The third-order valence-corrected chi connectivity index (χ3v) is 3.73. The monoisotopic (exact) mass is 318 g/mol. The molecule has 1 aromatic carbocycles. The Morgan fingerprint density at radius 2 is 1.77 bits per heavy atom. The number of alkyl halides is 3. The Morgan fingerprint density at radius 1 is 1.23 bits per heavy atom. The molecule has 0 radical (unpaired) electrons. The van der Waals surface area contributed by atoms with E-state index in [0.29, 0.717) is 16.9 Å². The number of halogens is 3. The number of carbonyl (C=O) groups is 1. The average Bonchev–Trinajstić information content (AvgIpc) is 2.35. The van der Waals surface area contributed by atoms with Crippen molar-refractivity contribution in [2.24, 2.45) is 0 Å². The van der Waals surface area contributed by atoms with Crippen molar-refractivity contribution in [3.8, 4) is 5.75 Å². The highest BCUT2D eigenvalue weighted by molar-refractivity contribution is 5.94. The van der Waals surface area contributed by atoms with Gasteiger partial charge in [0.2, 0.25) is 0 Å². The van der Waals surface area contributed by atoms with Crippen molar-refractivity contribution in [1.29, 1.82) is 0 Å². The predicted molar refractivity (Wildman–Crippen MR) is 77.3 cm³/mol. The van der Waals surface area contributed by atoms with Crippen LogP contribution >= 0.6 is 0 Å². The van der Waals surface area contributed by atoms with Crippen LogP contribution in [0.5, 0.6) is 5.75 Å². The summed E-state index contributed by atoms with van der Waals surface area (Å²) < 4.78 is 44.0. The minimum Gasteiger partial charge on any atom is -0.496 e. The molecular formula is C16H21F3O3. The summed E-state index contributed by atoms with van der Waals surface area (Å²) in [5.41, 5.74) is -3.05. The second kappa shape index (κ2) is 5.91. The number of carbonyl (C=O) groups excluding carboxylic acids is 1. The molecule has 0 aliphatic carbocycles. The van der Waals surface area contributed by atoms with Crippen LogP contribution in [-0.2, 0) is 5.41 Å². The second-order valence-corrected chi connectivity index (χ2v) is 6.30. The first-order chi connectivity index (χ1) is 9.82. The fourth-order valence-corrected chi connectivity index (χ4v) is 2.51. The largest absolute Gasteiger partial charge is 0.496 e. The molecule has 0 amide bonds. The van der Waals surface area contributed by atoms with Crippen LogP contribution in [0.25, 0.3) is 0 Å². The molecule has 0 fully saturated rings. The quantitative estimate of drug-likeness (QED) is 0.838. The van der Waals surface area contributed by atoms with E-state index in [-0.39, 0.29) is 5.78 Å². The molecule has 124 valence electrons. The van der Waals surface area contributed by atoms with Gasteiger partial charge in [-0.2, -0.15) is 13.2 Å². The molecule has 22 heavy (non-hydrogen) atoms. The van der Waals surface area contributed by atoms with Crippen molar-refractivity contribution in [3.63, 3.8) is 0 Å². The molecule has 1 atom stereocenters. The van der Waals surface area contributed by atoms with Gasteiger partial charge < -0.3 is 9.84 Å². The molecule has 0 heterocycles. The van der Waals surface area contributed by atoms with Gasteiger partial charge in [-0.25, -0.2) is 0 Å². The zero-order valence-electron chi connectivity index (χ0n) is 13.3. The Kier molecular flexibility index (Phi) is 4.97. The van der Waals surface area contributed by atoms with Gasteiger partial charge in [0.05, 0.1) is 7.11 Å². The highest BCUT2D eigenvalue weighted by Gasteiger charge is 2.52. The third-order valence-electron chi connectivity index (χ3n) is 3.73. The average molecular weight is 318 g/mol. The lowest BCUT2D eigenvalue weighted by atomic mass is 9.74. The van der Waals surface area contributed by atoms with Crippen LogP contribution in [0.3, 0.4) is 0 Å². The van der Waals surface area contributed by atoms with Gasteiger partial charge in [-0.3, -0.25) is 4.79 Å². The summed E-state index contributed by atoms with van der Waals surface area (Å²) >= 11 is 0. The number of ketones is 1. The highest BCUT2D eigenvalue weighted by Crippen LogP contribution is 2.43. The first-order valence-corrected chi connectivity index (χ1v) is 6.80. The standard InChI is InChI=1S/C16H21F3O3/c1-10(20)11-6-7-13(22-5)12(8-11)14(2,3)9-15(4,21)16(17,18)19/h6-8,21H,9H2,1-5H3. The number of rotatable bonds is 5. The lowest BCUT2D eigenvalue weighted by Crippen LogP contribution is -2.46. The number of hydrogen-bond donors (Lipinski definition) is 1. The van der Waals surface area contributed by atoms with Crippen LogP contribution in [0.1, 0.15) is 50.0 Å². The molecule has 0 aliphatic rings. The number of Topliss-reactive ketones (excluding diaryl/α,β-unsaturated/α-hetero) is 1. The maximum Gasteiger partial charge on any atom is 0.416 e. The van der Waals surface area contributed by atoms with Gasteiger partial charge in [-0.15, -0.1) is 0 Å². The zero-order chi connectivity index (χ0) is 17.3. The van der Waals surface area contributed by atoms with Crippen LogP contribution < -0.4 is 4.74 Å². The number of benzene rings is 1. The molecule has 0 aliphatic heterocycles. The number of ether oxygens (including phenoxy) is 1. The van der Waals surface area contributed by atoms with E-state index < -0.39 is 23.6 Å². The molecule has 1 rings (SSSR count). The first-order valence-electron chi connectivity index (χ1n) is 6.80. The second-order valence-electron chi connectivity index (χ2n) is 6.30. The lowest BCUT2D eigenvalue weighted by Gasteiger charge is -2.36. The normalized spacial score (nSPS) is 15.3. The highest BCUT2D eigenvalue weighted by atomic mass is 19.4. The summed E-state index contributed by atoms with van der Waals surface area (Å²) in [7, 11) is 1.41. The summed E-state index contributed by atoms with van der Waals surface area (Å²) in [6.07, 6.45) is -5.29. The van der Waals surface area contributed by atoms with Gasteiger partial charge in [0, 0.05) is 11.1 Å². The van der Waals surface area contributed by atoms with Crippen molar-refractivity contribution >= 4 is 5.78 Å². The van der Waals surface area contributed by atoms with E-state index in [1.807, 2.05) is 0 Å². The van der Waals surface area contributed by atoms with Crippen LogP contribution in [0, 0.1) is 0 Å². The van der Waals surface area contributed by atoms with E-state index in [0.717, 1.165) is 6.92 Å². The molecule has 0 saturated carbocycles. The Labute approximate surface area is 128 Å². The minimum absolute atomic E-state index is 0.192. The van der Waals surface area contributed by atoms with Crippen LogP contribution in [-0.4, -0.2) is 29.8 Å². The van der Waals surface area contributed by atoms with E-state index in [4.69, 9.17) is 4.74 Å². The number of hydrogen-bond acceptors (Lipinski definition) is 3. The van der Waals surface area contributed by atoms with Gasteiger partial charge in [-0.1, -0.05) is 13.8 Å². The Bertz CT molecular complexity index is 560. The van der Waals surface area contributed by atoms with Gasteiger partial charge in [-0.05, 0) is 43.9 Å². The van der Waals surface area contributed by atoms with E-state index in [9.17, 15) is 23.1 Å². The van der Waals surface area contributed by atoms with E-state index in [1.54, 1.807) is 26.0 Å². The molecule has 0 saturated heterocycles. The summed E-state index contributed by atoms with van der Waals surface area (Å²) in [5.74, 6) is 0.190. The Morgan fingerprint density at radius 3 is 2.18 bits per heavy atom. The zero-order valence-corrected chi connectivity index (χ0v) is 13.3. The fraction of sp³-hybridized carbons (Fsp3) is 0.562. The molecular weight excluding hydrogens is 297 g/mol. The van der Waals surface area contributed by atoms with E-state index >= 15 is 0 Å². The van der Waals surface area contributed by atoms with Crippen LogP contribution in [0.4, 0.5) is 13.2 Å². The molecule has 0 aromatic heterocycles. The Balaban J connectivity index is 3.32. The maximum absolute atomic E-state index is 12.9. The molecule has 1 aromatic rings. The fourth-order valence-electron chi connectivity index (χ4n) is 2.51. The van der Waals surface area contributed by atoms with Gasteiger partial charge >= 0.3 is 6.18 Å². The summed E-state index contributed by atoms with van der Waals surface area (Å²) in [6.45, 7) is 5.28. The van der Waals surface area contributed by atoms with Crippen molar-refractivity contribution in [1.82, 2.24) is 0 Å². The molecule has 0 spiro atoms. The van der Waals surface area contributed by atoms with Crippen molar-refractivity contribution in [2.45, 2.75) is 51.3 Å². The first kappa shape index (κ1) is 18.5. The maximum atomic E-state index is 12.9. The van der Waals surface area contributed by atoms with Crippen molar-refractivity contribution < 1.29 is 27.8 Å². The summed E-state index contributed by atoms with van der Waals surface area (Å²) in [5, 5.41) is 9.76. The number of methoxy groups -OCH3 is 1. The van der Waals surface area contributed by atoms with Gasteiger partial charge in [0.25, 0.3) is 0 Å². The topological polar surface area (TPSA) is 46.5 Å². The molecule has 0 bridgehead atoms. The molecule has 1 N–H and O–H groups in total. The number of aliphatic hydroxyl groups is 1. The molecule has 1 unspecified atom stereocenters. The smallest absolute Gasteiger partial charge is 0.416 e. The van der Waals surface area contributed by atoms with Gasteiger partial charge in [0.15, 0.2) is 11.4 Å². The van der Waals surface area contributed by atoms with E-state index in [2.05, 4.69) is 0 Å². The van der Waals surface area contributed by atoms with Gasteiger partial charge in [0.1, 0.15) is 5.75 Å². The Hall–Kier alpha value is -1.56. The molecule has 3 nitrogen and oxygen atoms in total. The molecule has 6 heteroatoms. The van der Waals surface area contributed by atoms with Crippen LogP contribution in [0.15, 0.2) is 18.2 Å². The van der Waals surface area contributed by atoms with Crippen molar-refractivity contribution in [3.05, 3.63) is 29.3 Å². The van der Waals surface area contributed by atoms with Crippen LogP contribution in [0.2, 0.25) is 0 Å². The van der Waals surface area contributed by atoms with Crippen molar-refractivity contribution in [2.75, 3.05) is 7.11 Å². The van der Waals surface area contributed by atoms with E-state index in [1.165, 1.54) is 20.1 Å². The minimum atomic E-state index is -4.74. The summed E-state index contributed by atoms with van der Waals surface area (Å²) in [6, 6.07) is 4.63. The predicted octanol–water partition coefficient (Wildman–Crippen LogP) is 3.88.